The van der Waals surface area contributed by atoms with Crippen molar-refractivity contribution in [1.29, 1.82) is 0 Å². The van der Waals surface area contributed by atoms with Crippen LogP contribution in [0.3, 0.4) is 0 Å². The van der Waals surface area contributed by atoms with E-state index in [0.717, 1.165) is 18.7 Å². The molecule has 0 fully saturated rings. The van der Waals surface area contributed by atoms with E-state index in [0.29, 0.717) is 22.4 Å². The Morgan fingerprint density at radius 1 is 1.18 bits per heavy atom. The smallest absolute Gasteiger partial charge is 0.162 e. The fourth-order valence-corrected chi connectivity index (χ4v) is 1.75. The summed E-state index contributed by atoms with van der Waals surface area (Å²) in [4.78, 5) is 0. The second kappa shape index (κ2) is 6.72. The molecule has 0 saturated carbocycles. The molecule has 0 saturated heterocycles. The second-order valence-electron chi connectivity index (χ2n) is 4.32. The lowest BCUT2D eigenvalue weighted by atomic mass is 10.1. The van der Waals surface area contributed by atoms with E-state index in [4.69, 9.17) is 21.1 Å². The topological polar surface area (TPSA) is 30.5 Å². The molecule has 1 N–H and O–H groups in total. The minimum absolute atomic E-state index is 0.619. The maximum absolute atomic E-state index is 6.18. The molecule has 0 atom stereocenters. The van der Waals surface area contributed by atoms with Gasteiger partial charge in [-0.25, -0.2) is 0 Å². The van der Waals surface area contributed by atoms with Crippen LogP contribution in [0.25, 0.3) is 0 Å². The van der Waals surface area contributed by atoms with Crippen LogP contribution in [0.5, 0.6) is 11.5 Å². The summed E-state index contributed by atoms with van der Waals surface area (Å²) in [5, 5.41) is 4.04. The van der Waals surface area contributed by atoms with Gasteiger partial charge in [0.15, 0.2) is 11.5 Å². The van der Waals surface area contributed by atoms with E-state index in [1.165, 1.54) is 0 Å². The lowest BCUT2D eigenvalue weighted by Gasteiger charge is -2.13. The average molecular weight is 258 g/mol. The monoisotopic (exact) mass is 257 g/mol. The van der Waals surface area contributed by atoms with Crippen molar-refractivity contribution in [2.24, 2.45) is 5.92 Å². The molecule has 0 radical (unpaired) electrons. The van der Waals surface area contributed by atoms with Crippen molar-refractivity contribution < 1.29 is 9.47 Å². The highest BCUT2D eigenvalue weighted by Gasteiger charge is 2.09. The zero-order chi connectivity index (χ0) is 12.8. The van der Waals surface area contributed by atoms with Crippen LogP contribution < -0.4 is 14.8 Å². The van der Waals surface area contributed by atoms with Crippen molar-refractivity contribution >= 4 is 11.6 Å². The number of hydrogen-bond donors (Lipinski definition) is 1. The van der Waals surface area contributed by atoms with Gasteiger partial charge in [0.2, 0.25) is 0 Å². The summed E-state index contributed by atoms with van der Waals surface area (Å²) in [5.41, 5.74) is 1.02. The molecular formula is C13H20ClNO2. The van der Waals surface area contributed by atoms with Gasteiger partial charge in [0.1, 0.15) is 0 Å². The number of hydrogen-bond acceptors (Lipinski definition) is 3. The highest BCUT2D eigenvalue weighted by molar-refractivity contribution is 6.31. The molecule has 1 aromatic rings. The Kier molecular flexibility index (Phi) is 5.59. The molecule has 0 heterocycles. The van der Waals surface area contributed by atoms with Gasteiger partial charge in [0, 0.05) is 17.6 Å². The maximum atomic E-state index is 6.18. The first-order valence-corrected chi connectivity index (χ1v) is 6.07. The summed E-state index contributed by atoms with van der Waals surface area (Å²) in [7, 11) is 3.22. The molecule has 96 valence electrons. The summed E-state index contributed by atoms with van der Waals surface area (Å²) >= 11 is 6.18. The standard InChI is InChI=1S/C13H20ClNO2/c1-9(2)7-15-8-10-5-12(16-3)13(17-4)6-11(10)14/h5-6,9,15H,7-8H2,1-4H3. The number of methoxy groups -OCH3 is 2. The Balaban J connectivity index is 2.78. The van der Waals surface area contributed by atoms with E-state index in [9.17, 15) is 0 Å². The molecule has 3 nitrogen and oxygen atoms in total. The first kappa shape index (κ1) is 14.1. The van der Waals surface area contributed by atoms with Crippen LogP contribution in [0.15, 0.2) is 12.1 Å². The highest BCUT2D eigenvalue weighted by atomic mass is 35.5. The number of nitrogens with one attached hydrogen (secondary N) is 1. The number of halogens is 1. The van der Waals surface area contributed by atoms with Gasteiger partial charge in [-0.05, 0) is 24.1 Å². The van der Waals surface area contributed by atoms with Crippen LogP contribution in [0.2, 0.25) is 5.02 Å². The maximum Gasteiger partial charge on any atom is 0.162 e. The SMILES string of the molecule is COc1cc(Cl)c(CNCC(C)C)cc1OC. The predicted molar refractivity (Wildman–Crippen MR) is 71.1 cm³/mol. The average Bonchev–Trinajstić information content (AvgIpc) is 2.30. The molecule has 0 aliphatic rings. The molecule has 0 aliphatic heterocycles. The van der Waals surface area contributed by atoms with E-state index in [1.54, 1.807) is 20.3 Å². The van der Waals surface area contributed by atoms with Crippen molar-refractivity contribution in [2.75, 3.05) is 20.8 Å². The Labute approximate surface area is 108 Å². The lowest BCUT2D eigenvalue weighted by Crippen LogP contribution is -2.19. The zero-order valence-corrected chi connectivity index (χ0v) is 11.6. The van der Waals surface area contributed by atoms with Crippen molar-refractivity contribution in [3.8, 4) is 11.5 Å². The van der Waals surface area contributed by atoms with Crippen LogP contribution in [0.1, 0.15) is 19.4 Å². The fraction of sp³-hybridized carbons (Fsp3) is 0.538. The summed E-state index contributed by atoms with van der Waals surface area (Å²) in [5.74, 6) is 1.98. The van der Waals surface area contributed by atoms with Gasteiger partial charge in [-0.2, -0.15) is 0 Å². The largest absolute Gasteiger partial charge is 0.493 e. The van der Waals surface area contributed by atoms with Crippen LogP contribution in [-0.2, 0) is 6.54 Å². The van der Waals surface area contributed by atoms with Crippen LogP contribution >= 0.6 is 11.6 Å². The normalized spacial score (nSPS) is 10.7. The van der Waals surface area contributed by atoms with Gasteiger partial charge in [-0.1, -0.05) is 25.4 Å². The van der Waals surface area contributed by atoms with E-state index in [1.807, 2.05) is 6.07 Å². The van der Waals surface area contributed by atoms with Gasteiger partial charge in [-0.15, -0.1) is 0 Å². The van der Waals surface area contributed by atoms with E-state index < -0.39 is 0 Å². The first-order valence-electron chi connectivity index (χ1n) is 5.69. The Bertz CT molecular complexity index is 367. The molecular weight excluding hydrogens is 238 g/mol. The molecule has 0 aliphatic carbocycles. The number of benzene rings is 1. The molecule has 0 unspecified atom stereocenters. The first-order chi connectivity index (χ1) is 8.08. The van der Waals surface area contributed by atoms with Gasteiger partial charge < -0.3 is 14.8 Å². The molecule has 0 amide bonds. The molecule has 17 heavy (non-hydrogen) atoms. The molecule has 1 aromatic carbocycles. The molecule has 0 aromatic heterocycles. The van der Waals surface area contributed by atoms with Crippen molar-refractivity contribution in [2.45, 2.75) is 20.4 Å². The van der Waals surface area contributed by atoms with Gasteiger partial charge in [-0.3, -0.25) is 0 Å². The minimum atomic E-state index is 0.619. The third-order valence-corrected chi connectivity index (χ3v) is 2.77. The van der Waals surface area contributed by atoms with E-state index in [2.05, 4.69) is 19.2 Å². The third-order valence-electron chi connectivity index (χ3n) is 2.42. The minimum Gasteiger partial charge on any atom is -0.493 e. The summed E-state index contributed by atoms with van der Waals surface area (Å²) in [6.07, 6.45) is 0. The molecule has 0 spiro atoms. The summed E-state index contributed by atoms with van der Waals surface area (Å²) in [6, 6.07) is 3.70. The van der Waals surface area contributed by atoms with Gasteiger partial charge in [0.25, 0.3) is 0 Å². The van der Waals surface area contributed by atoms with Crippen molar-refractivity contribution in [3.63, 3.8) is 0 Å². The van der Waals surface area contributed by atoms with E-state index >= 15 is 0 Å². The Morgan fingerprint density at radius 3 is 2.29 bits per heavy atom. The third kappa shape index (κ3) is 4.10. The summed E-state index contributed by atoms with van der Waals surface area (Å²) in [6.45, 7) is 6.04. The number of ether oxygens (including phenoxy) is 2. The number of rotatable bonds is 6. The lowest BCUT2D eigenvalue weighted by molar-refractivity contribution is 0.354. The van der Waals surface area contributed by atoms with E-state index in [-0.39, 0.29) is 0 Å². The second-order valence-corrected chi connectivity index (χ2v) is 4.73. The predicted octanol–water partition coefficient (Wildman–Crippen LogP) is 3.10. The zero-order valence-electron chi connectivity index (χ0n) is 10.8. The highest BCUT2D eigenvalue weighted by Crippen LogP contribution is 2.32. The van der Waals surface area contributed by atoms with Crippen molar-refractivity contribution in [1.82, 2.24) is 5.32 Å². The van der Waals surface area contributed by atoms with Gasteiger partial charge in [0.05, 0.1) is 14.2 Å². The van der Waals surface area contributed by atoms with Crippen LogP contribution in [-0.4, -0.2) is 20.8 Å². The quantitative estimate of drug-likeness (QED) is 0.850. The van der Waals surface area contributed by atoms with Crippen molar-refractivity contribution in [3.05, 3.63) is 22.7 Å². The molecule has 0 bridgehead atoms. The molecule has 1 rings (SSSR count). The fourth-order valence-electron chi connectivity index (χ4n) is 1.53. The van der Waals surface area contributed by atoms with Gasteiger partial charge >= 0.3 is 0 Å². The Morgan fingerprint density at radius 2 is 1.76 bits per heavy atom. The van der Waals surface area contributed by atoms with Crippen LogP contribution in [0, 0.1) is 5.92 Å². The Hall–Kier alpha value is -0.930. The summed E-state index contributed by atoms with van der Waals surface area (Å²) < 4.78 is 10.4. The van der Waals surface area contributed by atoms with Crippen LogP contribution in [0.4, 0.5) is 0 Å². The molecule has 4 heteroatoms.